The summed E-state index contributed by atoms with van der Waals surface area (Å²) >= 11 is 1.74. The molecule has 3 N–H and O–H groups in total. The molecule has 0 spiro atoms. The van der Waals surface area contributed by atoms with E-state index in [9.17, 15) is 4.79 Å². The molecule has 0 heterocycles. The molecule has 84 valence electrons. The number of hydrogen-bond acceptors (Lipinski definition) is 3. The number of nitrogens with two attached hydrogens (primary N) is 1. The third-order valence-corrected chi connectivity index (χ3v) is 3.43. The average molecular weight is 218 g/mol. The Hall–Kier alpha value is -0.220. The maximum absolute atomic E-state index is 11.5. The van der Waals surface area contributed by atoms with Crippen molar-refractivity contribution in [3.05, 3.63) is 0 Å². The van der Waals surface area contributed by atoms with Gasteiger partial charge in [-0.1, -0.05) is 13.3 Å². The van der Waals surface area contributed by atoms with E-state index >= 15 is 0 Å². The topological polar surface area (TPSA) is 55.1 Å². The molecule has 1 atom stereocenters. The summed E-state index contributed by atoms with van der Waals surface area (Å²) in [5.74, 6) is -0.0334. The van der Waals surface area contributed by atoms with Crippen molar-refractivity contribution in [3.8, 4) is 0 Å². The highest BCUT2D eigenvalue weighted by Crippen LogP contribution is 2.19. The summed E-state index contributed by atoms with van der Waals surface area (Å²) in [6.07, 6.45) is 3.74. The molecule has 14 heavy (non-hydrogen) atoms. The zero-order chi connectivity index (χ0) is 11.2. The highest BCUT2D eigenvalue weighted by atomic mass is 32.2. The van der Waals surface area contributed by atoms with Crippen LogP contribution >= 0.6 is 11.8 Å². The molecule has 0 saturated carbocycles. The molecule has 0 saturated heterocycles. The van der Waals surface area contributed by atoms with Crippen LogP contribution in [0.25, 0.3) is 0 Å². The second-order valence-electron chi connectivity index (χ2n) is 4.08. The fourth-order valence-electron chi connectivity index (χ4n) is 0.945. The van der Waals surface area contributed by atoms with Gasteiger partial charge >= 0.3 is 0 Å². The number of nitrogens with one attached hydrogen (secondary N) is 1. The second-order valence-corrected chi connectivity index (χ2v) is 5.59. The number of thioether (sulfide) groups is 1. The molecule has 0 aromatic carbocycles. The van der Waals surface area contributed by atoms with Crippen molar-refractivity contribution >= 4 is 17.7 Å². The zero-order valence-electron chi connectivity index (χ0n) is 9.59. The van der Waals surface area contributed by atoms with Gasteiger partial charge in [0, 0.05) is 11.3 Å². The molecule has 0 bridgehead atoms. The Labute approximate surface area is 91.2 Å². The lowest BCUT2D eigenvalue weighted by atomic mass is 10.1. The molecule has 3 nitrogen and oxygen atoms in total. The van der Waals surface area contributed by atoms with Crippen LogP contribution in [-0.4, -0.2) is 29.5 Å². The van der Waals surface area contributed by atoms with Crippen LogP contribution in [0.15, 0.2) is 0 Å². The van der Waals surface area contributed by atoms with Gasteiger partial charge in [-0.05, 0) is 26.5 Å². The van der Waals surface area contributed by atoms with Gasteiger partial charge in [-0.15, -0.1) is 0 Å². The van der Waals surface area contributed by atoms with E-state index in [1.807, 2.05) is 13.2 Å². The van der Waals surface area contributed by atoms with Crippen molar-refractivity contribution in [1.29, 1.82) is 0 Å². The SMILES string of the molecule is CCC[C@H](N)C(=O)NCC(C)(C)SC. The summed E-state index contributed by atoms with van der Waals surface area (Å²) < 4.78 is 0.0849. The molecule has 0 aromatic rings. The first-order chi connectivity index (χ1) is 6.43. The summed E-state index contributed by atoms with van der Waals surface area (Å²) in [4.78, 5) is 11.5. The minimum atomic E-state index is -0.349. The van der Waals surface area contributed by atoms with Crippen molar-refractivity contribution in [2.75, 3.05) is 12.8 Å². The van der Waals surface area contributed by atoms with Gasteiger partial charge in [-0.3, -0.25) is 4.79 Å². The number of carbonyl (C=O) groups excluding carboxylic acids is 1. The highest BCUT2D eigenvalue weighted by Gasteiger charge is 2.19. The van der Waals surface area contributed by atoms with E-state index in [2.05, 4.69) is 19.2 Å². The number of amides is 1. The molecule has 0 radical (unpaired) electrons. The largest absolute Gasteiger partial charge is 0.353 e. The Morgan fingerprint density at radius 1 is 1.57 bits per heavy atom. The molecule has 1 amide bonds. The quantitative estimate of drug-likeness (QED) is 0.708. The van der Waals surface area contributed by atoms with Crippen LogP contribution in [-0.2, 0) is 4.79 Å². The van der Waals surface area contributed by atoms with Crippen LogP contribution in [0.2, 0.25) is 0 Å². The smallest absolute Gasteiger partial charge is 0.236 e. The van der Waals surface area contributed by atoms with Gasteiger partial charge in [0.1, 0.15) is 0 Å². The van der Waals surface area contributed by atoms with Crippen LogP contribution in [0.4, 0.5) is 0 Å². The van der Waals surface area contributed by atoms with Crippen molar-refractivity contribution in [2.45, 2.75) is 44.4 Å². The third kappa shape index (κ3) is 5.50. The van der Waals surface area contributed by atoms with Crippen molar-refractivity contribution in [1.82, 2.24) is 5.32 Å². The first kappa shape index (κ1) is 13.8. The normalized spacial score (nSPS) is 13.8. The molecule has 0 aliphatic rings. The lowest BCUT2D eigenvalue weighted by molar-refractivity contribution is -0.122. The van der Waals surface area contributed by atoms with E-state index in [0.717, 1.165) is 12.8 Å². The van der Waals surface area contributed by atoms with Gasteiger partial charge in [-0.25, -0.2) is 0 Å². The first-order valence-electron chi connectivity index (χ1n) is 5.01. The fourth-order valence-corrected chi connectivity index (χ4v) is 1.16. The Morgan fingerprint density at radius 3 is 2.57 bits per heavy atom. The Morgan fingerprint density at radius 2 is 2.14 bits per heavy atom. The van der Waals surface area contributed by atoms with Gasteiger partial charge in [0.15, 0.2) is 0 Å². The number of rotatable bonds is 6. The van der Waals surface area contributed by atoms with Crippen LogP contribution in [0.3, 0.4) is 0 Å². The number of carbonyl (C=O) groups is 1. The van der Waals surface area contributed by atoms with Crippen molar-refractivity contribution in [3.63, 3.8) is 0 Å². The Balaban J connectivity index is 3.84. The minimum absolute atomic E-state index is 0.0334. The van der Waals surface area contributed by atoms with Gasteiger partial charge in [-0.2, -0.15) is 11.8 Å². The molecule has 0 rings (SSSR count). The average Bonchev–Trinajstić information content (AvgIpc) is 2.15. The monoisotopic (exact) mass is 218 g/mol. The van der Waals surface area contributed by atoms with E-state index in [1.54, 1.807) is 11.8 Å². The molecule has 0 aliphatic heterocycles. The summed E-state index contributed by atoms with van der Waals surface area (Å²) in [7, 11) is 0. The van der Waals surface area contributed by atoms with E-state index < -0.39 is 0 Å². The molecule has 0 fully saturated rings. The van der Waals surface area contributed by atoms with E-state index in [-0.39, 0.29) is 16.7 Å². The molecule has 4 heteroatoms. The molecule has 0 aromatic heterocycles. The number of hydrogen-bond donors (Lipinski definition) is 2. The predicted octanol–water partition coefficient (Wildman–Crippen LogP) is 1.37. The van der Waals surface area contributed by atoms with Crippen LogP contribution in [0.1, 0.15) is 33.6 Å². The van der Waals surface area contributed by atoms with E-state index in [4.69, 9.17) is 5.73 Å². The lowest BCUT2D eigenvalue weighted by Crippen LogP contribution is -2.45. The van der Waals surface area contributed by atoms with Crippen LogP contribution in [0.5, 0.6) is 0 Å². The van der Waals surface area contributed by atoms with Crippen LogP contribution < -0.4 is 11.1 Å². The lowest BCUT2D eigenvalue weighted by Gasteiger charge is -2.23. The highest BCUT2D eigenvalue weighted by molar-refractivity contribution is 7.99. The molecule has 0 aliphatic carbocycles. The minimum Gasteiger partial charge on any atom is -0.353 e. The zero-order valence-corrected chi connectivity index (χ0v) is 10.4. The predicted molar refractivity (Wildman–Crippen MR) is 63.5 cm³/mol. The van der Waals surface area contributed by atoms with Gasteiger partial charge in [0.25, 0.3) is 0 Å². The maximum Gasteiger partial charge on any atom is 0.236 e. The summed E-state index contributed by atoms with van der Waals surface area (Å²) in [5, 5.41) is 2.87. The van der Waals surface area contributed by atoms with Gasteiger partial charge in [0.05, 0.1) is 6.04 Å². The molecular formula is C10H22N2OS. The second kappa shape index (κ2) is 6.30. The Bertz CT molecular complexity index is 183. The summed E-state index contributed by atoms with van der Waals surface area (Å²) in [6, 6.07) is -0.349. The molecule has 0 unspecified atom stereocenters. The first-order valence-corrected chi connectivity index (χ1v) is 6.24. The summed E-state index contributed by atoms with van der Waals surface area (Å²) in [6.45, 7) is 6.90. The van der Waals surface area contributed by atoms with Gasteiger partial charge in [0.2, 0.25) is 5.91 Å². The van der Waals surface area contributed by atoms with Crippen LogP contribution in [0, 0.1) is 0 Å². The van der Waals surface area contributed by atoms with Gasteiger partial charge < -0.3 is 11.1 Å². The Kier molecular flexibility index (Phi) is 6.20. The summed E-state index contributed by atoms with van der Waals surface area (Å²) in [5.41, 5.74) is 5.68. The third-order valence-electron chi connectivity index (χ3n) is 2.18. The standard InChI is InChI=1S/C10H22N2OS/c1-5-6-8(11)9(13)12-7-10(2,3)14-4/h8H,5-7,11H2,1-4H3,(H,12,13)/t8-/m0/s1. The maximum atomic E-state index is 11.5. The van der Waals surface area contributed by atoms with Crippen molar-refractivity contribution in [2.24, 2.45) is 5.73 Å². The molecular weight excluding hydrogens is 196 g/mol. The fraction of sp³-hybridized carbons (Fsp3) is 0.900. The van der Waals surface area contributed by atoms with Crippen molar-refractivity contribution < 1.29 is 4.79 Å². The van der Waals surface area contributed by atoms with E-state index in [0.29, 0.717) is 6.54 Å². The van der Waals surface area contributed by atoms with E-state index in [1.165, 1.54) is 0 Å².